The zero-order valence-electron chi connectivity index (χ0n) is 15.0. The van der Waals surface area contributed by atoms with Crippen molar-refractivity contribution in [1.29, 1.82) is 0 Å². The number of hydrogen-bond donors (Lipinski definition) is 1. The average molecular weight is 412 g/mol. The molecule has 1 N–H and O–H groups in total. The van der Waals surface area contributed by atoms with Crippen molar-refractivity contribution < 1.29 is 8.42 Å². The van der Waals surface area contributed by atoms with Gasteiger partial charge in [-0.3, -0.25) is 0 Å². The van der Waals surface area contributed by atoms with Crippen LogP contribution in [0.15, 0.2) is 76.0 Å². The maximum atomic E-state index is 12.6. The minimum Gasteiger partial charge on any atom is -0.239 e. The molecule has 2 aromatic carbocycles. The van der Waals surface area contributed by atoms with Gasteiger partial charge < -0.3 is 0 Å². The standard InChI is InChI=1S/C19H17N5O2S2/c1-14-8-10-15(11-9-14)28(25,26)23-21-17(19-7-4-12-27-19)13-24-18-6-3-2-5-16(18)20-22-24/h2-12,23H,13H2,1H3. The molecule has 0 aliphatic carbocycles. The molecule has 9 heteroatoms. The molecule has 2 heterocycles. The van der Waals surface area contributed by atoms with Gasteiger partial charge in [0.15, 0.2) is 0 Å². The molecule has 0 aliphatic heterocycles. The number of aromatic nitrogens is 3. The largest absolute Gasteiger partial charge is 0.276 e. The highest BCUT2D eigenvalue weighted by atomic mass is 32.2. The highest BCUT2D eigenvalue weighted by molar-refractivity contribution is 7.89. The summed E-state index contributed by atoms with van der Waals surface area (Å²) < 4.78 is 26.9. The second-order valence-electron chi connectivity index (χ2n) is 6.18. The van der Waals surface area contributed by atoms with E-state index in [0.29, 0.717) is 5.71 Å². The van der Waals surface area contributed by atoms with Crippen LogP contribution in [-0.2, 0) is 16.6 Å². The van der Waals surface area contributed by atoms with Crippen molar-refractivity contribution in [2.24, 2.45) is 5.10 Å². The molecule has 0 aliphatic rings. The number of para-hydroxylation sites is 1. The molecule has 0 atom stereocenters. The van der Waals surface area contributed by atoms with Gasteiger partial charge in [-0.05, 0) is 42.6 Å². The smallest absolute Gasteiger partial charge is 0.239 e. The van der Waals surface area contributed by atoms with E-state index < -0.39 is 10.0 Å². The number of sulfonamides is 1. The third-order valence-electron chi connectivity index (χ3n) is 4.16. The molecule has 0 radical (unpaired) electrons. The Kier molecular flexibility index (Phi) is 4.93. The van der Waals surface area contributed by atoms with Crippen molar-refractivity contribution in [2.45, 2.75) is 18.4 Å². The topological polar surface area (TPSA) is 89.2 Å². The van der Waals surface area contributed by atoms with E-state index in [2.05, 4.69) is 20.2 Å². The Labute approximate surface area is 166 Å². The maximum Gasteiger partial charge on any atom is 0.276 e. The molecular formula is C19H17N5O2S2. The number of nitrogens with one attached hydrogen (secondary N) is 1. The lowest BCUT2D eigenvalue weighted by molar-refractivity contribution is 0.584. The van der Waals surface area contributed by atoms with Crippen molar-refractivity contribution in [3.63, 3.8) is 0 Å². The minimum atomic E-state index is -3.76. The van der Waals surface area contributed by atoms with Crippen LogP contribution in [0, 0.1) is 6.92 Å². The number of aryl methyl sites for hydroxylation is 1. The Morgan fingerprint density at radius 2 is 1.89 bits per heavy atom. The van der Waals surface area contributed by atoms with E-state index in [-0.39, 0.29) is 11.4 Å². The number of hydrazone groups is 1. The molecule has 0 amide bonds. The van der Waals surface area contributed by atoms with E-state index in [9.17, 15) is 8.42 Å². The molecule has 4 rings (SSSR count). The number of rotatable bonds is 6. The first-order chi connectivity index (χ1) is 13.5. The summed E-state index contributed by atoms with van der Waals surface area (Å²) in [4.78, 5) is 3.37. The molecule has 0 unspecified atom stereocenters. The average Bonchev–Trinajstić information content (AvgIpc) is 3.36. The third kappa shape index (κ3) is 3.80. The summed E-state index contributed by atoms with van der Waals surface area (Å²) in [6.07, 6.45) is 0. The molecule has 0 fully saturated rings. The van der Waals surface area contributed by atoms with Crippen molar-refractivity contribution >= 4 is 38.1 Å². The Morgan fingerprint density at radius 1 is 1.11 bits per heavy atom. The fourth-order valence-electron chi connectivity index (χ4n) is 2.67. The van der Waals surface area contributed by atoms with Gasteiger partial charge >= 0.3 is 0 Å². The normalized spacial score (nSPS) is 12.4. The van der Waals surface area contributed by atoms with Crippen molar-refractivity contribution in [1.82, 2.24) is 19.8 Å². The molecule has 0 saturated carbocycles. The van der Waals surface area contributed by atoms with Crippen LogP contribution in [0.1, 0.15) is 10.4 Å². The van der Waals surface area contributed by atoms with Gasteiger partial charge in [-0.1, -0.05) is 41.1 Å². The number of hydrogen-bond acceptors (Lipinski definition) is 6. The lowest BCUT2D eigenvalue weighted by Crippen LogP contribution is -2.22. The van der Waals surface area contributed by atoms with Gasteiger partial charge in [0.2, 0.25) is 0 Å². The SMILES string of the molecule is Cc1ccc(S(=O)(=O)NN=C(Cn2nnc3ccccc32)c2cccs2)cc1. The van der Waals surface area contributed by atoms with Gasteiger partial charge in [-0.25, -0.2) is 4.68 Å². The van der Waals surface area contributed by atoms with E-state index >= 15 is 0 Å². The fourth-order valence-corrected chi connectivity index (χ4v) is 4.21. The Morgan fingerprint density at radius 3 is 2.64 bits per heavy atom. The second-order valence-corrected chi connectivity index (χ2v) is 8.79. The number of nitrogens with zero attached hydrogens (tertiary/aromatic N) is 4. The molecular weight excluding hydrogens is 394 g/mol. The van der Waals surface area contributed by atoms with Gasteiger partial charge in [0.05, 0.1) is 21.8 Å². The van der Waals surface area contributed by atoms with Gasteiger partial charge in [0, 0.05) is 0 Å². The van der Waals surface area contributed by atoms with Crippen LogP contribution >= 0.6 is 11.3 Å². The zero-order valence-corrected chi connectivity index (χ0v) is 16.6. The molecule has 28 heavy (non-hydrogen) atoms. The van der Waals surface area contributed by atoms with Crippen molar-refractivity contribution in [3.05, 3.63) is 76.5 Å². The summed E-state index contributed by atoms with van der Waals surface area (Å²) >= 11 is 1.48. The van der Waals surface area contributed by atoms with Crippen LogP contribution in [0.5, 0.6) is 0 Å². The first-order valence-corrected chi connectivity index (χ1v) is 10.9. The van der Waals surface area contributed by atoms with Gasteiger partial charge in [-0.2, -0.15) is 18.4 Å². The Hall–Kier alpha value is -3.04. The monoisotopic (exact) mass is 411 g/mol. The number of benzene rings is 2. The summed E-state index contributed by atoms with van der Waals surface area (Å²) in [6, 6.07) is 18.0. The van der Waals surface area contributed by atoms with Crippen molar-refractivity contribution in [2.75, 3.05) is 0 Å². The minimum absolute atomic E-state index is 0.165. The predicted molar refractivity (Wildman–Crippen MR) is 110 cm³/mol. The molecule has 7 nitrogen and oxygen atoms in total. The van der Waals surface area contributed by atoms with Crippen LogP contribution in [0.3, 0.4) is 0 Å². The molecule has 0 bridgehead atoms. The molecule has 0 saturated heterocycles. The lowest BCUT2D eigenvalue weighted by Gasteiger charge is -2.08. The van der Waals surface area contributed by atoms with E-state index in [4.69, 9.17) is 0 Å². The summed E-state index contributed by atoms with van der Waals surface area (Å²) in [6.45, 7) is 2.19. The van der Waals surface area contributed by atoms with Gasteiger partial charge in [0.25, 0.3) is 10.0 Å². The number of fused-ring (bicyclic) bond motifs is 1. The summed E-state index contributed by atoms with van der Waals surface area (Å²) in [5.74, 6) is 0. The van der Waals surface area contributed by atoms with E-state index in [1.165, 1.54) is 11.3 Å². The quantitative estimate of drug-likeness (QED) is 0.390. The zero-order chi connectivity index (χ0) is 19.6. The van der Waals surface area contributed by atoms with Crippen LogP contribution in [0.2, 0.25) is 0 Å². The van der Waals surface area contributed by atoms with Crippen LogP contribution in [-0.4, -0.2) is 29.1 Å². The third-order valence-corrected chi connectivity index (χ3v) is 6.30. The van der Waals surface area contributed by atoms with Gasteiger partial charge in [0.1, 0.15) is 11.2 Å². The fraction of sp³-hybridized carbons (Fsp3) is 0.105. The van der Waals surface area contributed by atoms with E-state index in [1.807, 2.05) is 48.7 Å². The Balaban J connectivity index is 1.66. The highest BCUT2D eigenvalue weighted by Gasteiger charge is 2.15. The van der Waals surface area contributed by atoms with Gasteiger partial charge in [-0.15, -0.1) is 16.4 Å². The lowest BCUT2D eigenvalue weighted by atomic mass is 10.2. The van der Waals surface area contributed by atoms with Crippen molar-refractivity contribution in [3.8, 4) is 0 Å². The molecule has 142 valence electrons. The number of thiophene rings is 1. The predicted octanol–water partition coefficient (Wildman–Crippen LogP) is 3.18. The van der Waals surface area contributed by atoms with Crippen LogP contribution in [0.25, 0.3) is 11.0 Å². The molecule has 4 aromatic rings. The van der Waals surface area contributed by atoms with Crippen LogP contribution in [0.4, 0.5) is 0 Å². The Bertz CT molecular complexity index is 1230. The maximum absolute atomic E-state index is 12.6. The summed E-state index contributed by atoms with van der Waals surface area (Å²) in [5.41, 5.74) is 3.17. The summed E-state index contributed by atoms with van der Waals surface area (Å²) in [7, 11) is -3.76. The second kappa shape index (κ2) is 7.53. The first kappa shape index (κ1) is 18.3. The van der Waals surface area contributed by atoms with E-state index in [1.54, 1.807) is 28.9 Å². The highest BCUT2D eigenvalue weighted by Crippen LogP contribution is 2.16. The first-order valence-electron chi connectivity index (χ1n) is 8.50. The van der Waals surface area contributed by atoms with Crippen LogP contribution < -0.4 is 4.83 Å². The molecule has 0 spiro atoms. The van der Waals surface area contributed by atoms with E-state index in [0.717, 1.165) is 21.5 Å². The summed E-state index contributed by atoms with van der Waals surface area (Å²) in [5, 5.41) is 14.4. The molecule has 2 aromatic heterocycles.